The smallest absolute Gasteiger partial charge is 0.306 e. The number of esters is 1. The molecule has 0 bridgehead atoms. The van der Waals surface area contributed by atoms with Crippen molar-refractivity contribution in [2.75, 3.05) is 0 Å². The lowest BCUT2D eigenvalue weighted by Crippen LogP contribution is -2.66. The molecular formula is C35H58O4. The van der Waals surface area contributed by atoms with Crippen LogP contribution in [0.5, 0.6) is 0 Å². The first-order chi connectivity index (χ1) is 18.1. The van der Waals surface area contributed by atoms with E-state index in [2.05, 4.69) is 54.5 Å². The van der Waals surface area contributed by atoms with Crippen LogP contribution in [0.25, 0.3) is 0 Å². The van der Waals surface area contributed by atoms with Crippen molar-refractivity contribution < 1.29 is 19.7 Å². The van der Waals surface area contributed by atoms with Crippen LogP contribution in [0.15, 0.2) is 11.6 Å². The molecule has 0 heterocycles. The monoisotopic (exact) mass is 542 g/mol. The molecule has 5 aliphatic carbocycles. The van der Waals surface area contributed by atoms with Gasteiger partial charge in [0.1, 0.15) is 12.2 Å². The van der Waals surface area contributed by atoms with Gasteiger partial charge < -0.3 is 14.9 Å². The number of fused-ring (bicyclic) bond motifs is 2. The summed E-state index contributed by atoms with van der Waals surface area (Å²) < 4.78 is 5.99. The van der Waals surface area contributed by atoms with Gasteiger partial charge in [0.15, 0.2) is 0 Å². The highest BCUT2D eigenvalue weighted by Crippen LogP contribution is 2.89. The summed E-state index contributed by atoms with van der Waals surface area (Å²) in [4.78, 5) is 12.7. The van der Waals surface area contributed by atoms with Crippen LogP contribution in [0.1, 0.15) is 127 Å². The summed E-state index contributed by atoms with van der Waals surface area (Å²) in [7, 11) is 0. The standard InChI is InChI=1S/C35H58O4/c1-21(2)11-10-12-23(5)24-15-16-33(9)26-14-13-25-31(6,7)30(39-27(36)19-22(3)4)28(37)29(38)35(25)20-34(26,35)18-17-32(24,33)8/h11,22-26,28-30,37-38H,10,12-20H2,1-9H3. The summed E-state index contributed by atoms with van der Waals surface area (Å²) in [5.41, 5.74) is 1.57. The summed E-state index contributed by atoms with van der Waals surface area (Å²) in [6, 6.07) is 0. The van der Waals surface area contributed by atoms with Crippen LogP contribution in [-0.4, -0.2) is 34.5 Å². The van der Waals surface area contributed by atoms with Gasteiger partial charge in [-0.25, -0.2) is 0 Å². The Labute approximate surface area is 238 Å². The van der Waals surface area contributed by atoms with Crippen LogP contribution >= 0.6 is 0 Å². The Balaban J connectivity index is 1.41. The maximum Gasteiger partial charge on any atom is 0.306 e. The van der Waals surface area contributed by atoms with E-state index in [1.165, 1.54) is 50.5 Å². The molecule has 0 aromatic carbocycles. The van der Waals surface area contributed by atoms with Crippen molar-refractivity contribution in [2.24, 2.45) is 56.7 Å². The first-order valence-corrected chi connectivity index (χ1v) is 16.3. The van der Waals surface area contributed by atoms with Gasteiger partial charge in [0.25, 0.3) is 0 Å². The van der Waals surface area contributed by atoms with E-state index in [0.717, 1.165) is 24.7 Å². The number of ether oxygens (including phenoxy) is 1. The lowest BCUT2D eigenvalue weighted by molar-refractivity contribution is -0.245. The maximum atomic E-state index is 12.7. The normalized spacial score (nSPS) is 48.3. The Hall–Kier alpha value is -0.870. The van der Waals surface area contributed by atoms with Gasteiger partial charge in [-0.05, 0) is 117 Å². The summed E-state index contributed by atoms with van der Waals surface area (Å²) in [6.07, 6.45) is 11.1. The number of hydrogen-bond acceptors (Lipinski definition) is 4. The lowest BCUT2D eigenvalue weighted by Gasteiger charge is -2.64. The second-order valence-corrected chi connectivity index (χ2v) is 16.6. The lowest BCUT2D eigenvalue weighted by atomic mass is 9.41. The molecular weight excluding hydrogens is 484 g/mol. The molecule has 0 aliphatic heterocycles. The molecule has 0 aromatic heterocycles. The minimum atomic E-state index is -1.02. The van der Waals surface area contributed by atoms with E-state index in [1.54, 1.807) is 0 Å². The third-order valence-electron chi connectivity index (χ3n) is 13.9. The van der Waals surface area contributed by atoms with Gasteiger partial charge in [-0.15, -0.1) is 0 Å². The second kappa shape index (κ2) is 9.58. The molecule has 4 nitrogen and oxygen atoms in total. The predicted molar refractivity (Wildman–Crippen MR) is 157 cm³/mol. The van der Waals surface area contributed by atoms with E-state index in [-0.39, 0.29) is 39.5 Å². The molecule has 5 aliphatic rings. The number of carbonyl (C=O) groups excluding carboxylic acids is 1. The van der Waals surface area contributed by atoms with Crippen molar-refractivity contribution in [2.45, 2.75) is 145 Å². The van der Waals surface area contributed by atoms with Crippen LogP contribution in [0.3, 0.4) is 0 Å². The number of hydrogen-bond donors (Lipinski definition) is 2. The summed E-state index contributed by atoms with van der Waals surface area (Å²) in [5, 5.41) is 23.5. The Morgan fingerprint density at radius 2 is 1.62 bits per heavy atom. The van der Waals surface area contributed by atoms with E-state index in [4.69, 9.17) is 4.74 Å². The van der Waals surface area contributed by atoms with E-state index in [0.29, 0.717) is 17.8 Å². The van der Waals surface area contributed by atoms with Crippen LogP contribution in [0.2, 0.25) is 0 Å². The van der Waals surface area contributed by atoms with Crippen LogP contribution in [-0.2, 0) is 9.53 Å². The van der Waals surface area contributed by atoms with Crippen LogP contribution < -0.4 is 0 Å². The fourth-order valence-electron chi connectivity index (χ4n) is 11.9. The zero-order valence-corrected chi connectivity index (χ0v) is 26.5. The minimum Gasteiger partial charge on any atom is -0.459 e. The number of allylic oxidation sites excluding steroid dienone is 2. The third kappa shape index (κ3) is 3.99. The topological polar surface area (TPSA) is 66.8 Å². The number of rotatable bonds is 7. The molecule has 2 N–H and O–H groups in total. The van der Waals surface area contributed by atoms with Crippen molar-refractivity contribution in [1.82, 2.24) is 0 Å². The quantitative estimate of drug-likeness (QED) is 0.255. The first-order valence-electron chi connectivity index (χ1n) is 16.3. The van der Waals surface area contributed by atoms with E-state index in [9.17, 15) is 15.0 Å². The minimum absolute atomic E-state index is 0.120. The molecule has 11 atom stereocenters. The van der Waals surface area contributed by atoms with Crippen molar-refractivity contribution in [1.29, 1.82) is 0 Å². The van der Waals surface area contributed by atoms with E-state index < -0.39 is 18.3 Å². The Morgan fingerprint density at radius 3 is 2.26 bits per heavy atom. The first kappa shape index (κ1) is 29.6. The molecule has 0 amide bonds. The molecule has 39 heavy (non-hydrogen) atoms. The molecule has 222 valence electrons. The van der Waals surface area contributed by atoms with E-state index in [1.807, 2.05) is 13.8 Å². The van der Waals surface area contributed by atoms with Crippen molar-refractivity contribution >= 4 is 5.97 Å². The van der Waals surface area contributed by atoms with Gasteiger partial charge in [-0.3, -0.25) is 4.79 Å². The molecule has 0 saturated heterocycles. The average molecular weight is 543 g/mol. The second-order valence-electron chi connectivity index (χ2n) is 16.6. The average Bonchev–Trinajstić information content (AvgIpc) is 3.44. The van der Waals surface area contributed by atoms with Gasteiger partial charge in [0.2, 0.25) is 0 Å². The van der Waals surface area contributed by atoms with Crippen molar-refractivity contribution in [3.05, 3.63) is 11.6 Å². The SMILES string of the molecule is CC(C)=CCCC(C)C1CCC2(C)C3CCC4C(C)(C)C(OC(=O)CC(C)C)C(O)C(O)C45CC35CCC12C. The zero-order valence-electron chi connectivity index (χ0n) is 26.5. The highest BCUT2D eigenvalue weighted by molar-refractivity contribution is 5.70. The molecule has 0 aromatic rings. The van der Waals surface area contributed by atoms with Gasteiger partial charge in [-0.1, -0.05) is 60.1 Å². The number of carbonyl (C=O) groups is 1. The predicted octanol–water partition coefficient (Wildman–Crippen LogP) is 7.71. The third-order valence-corrected chi connectivity index (χ3v) is 13.9. The largest absolute Gasteiger partial charge is 0.459 e. The highest BCUT2D eigenvalue weighted by atomic mass is 16.6. The van der Waals surface area contributed by atoms with Gasteiger partial charge in [0.05, 0.1) is 6.10 Å². The Kier molecular flexibility index (Phi) is 7.27. The van der Waals surface area contributed by atoms with Gasteiger partial charge in [-0.2, -0.15) is 0 Å². The Morgan fingerprint density at radius 1 is 0.949 bits per heavy atom. The molecule has 11 unspecified atom stereocenters. The fraction of sp³-hybridized carbons (Fsp3) is 0.914. The Bertz CT molecular complexity index is 995. The summed E-state index contributed by atoms with van der Waals surface area (Å²) >= 11 is 0. The van der Waals surface area contributed by atoms with Crippen molar-refractivity contribution in [3.8, 4) is 0 Å². The maximum absolute atomic E-state index is 12.7. The number of aliphatic hydroxyl groups is 2. The van der Waals surface area contributed by atoms with E-state index >= 15 is 0 Å². The van der Waals surface area contributed by atoms with Crippen LogP contribution in [0, 0.1) is 56.7 Å². The summed E-state index contributed by atoms with van der Waals surface area (Å²) in [5.74, 6) is 2.33. The summed E-state index contributed by atoms with van der Waals surface area (Å²) in [6.45, 7) is 20.6. The number of aliphatic hydroxyl groups excluding tert-OH is 2. The highest BCUT2D eigenvalue weighted by Gasteiger charge is 2.86. The fourth-order valence-corrected chi connectivity index (χ4v) is 11.9. The molecule has 0 radical (unpaired) electrons. The molecule has 5 fully saturated rings. The van der Waals surface area contributed by atoms with Crippen LogP contribution in [0.4, 0.5) is 0 Å². The van der Waals surface area contributed by atoms with Crippen molar-refractivity contribution in [3.63, 3.8) is 0 Å². The molecule has 2 spiro atoms. The van der Waals surface area contributed by atoms with Gasteiger partial charge >= 0.3 is 5.97 Å². The molecule has 5 saturated carbocycles. The van der Waals surface area contributed by atoms with Gasteiger partial charge in [0, 0.05) is 17.3 Å². The zero-order chi connectivity index (χ0) is 28.8. The molecule has 5 rings (SSSR count). The molecule has 4 heteroatoms.